The normalized spacial score (nSPS) is 23.7. The van der Waals surface area contributed by atoms with Gasteiger partial charge in [-0.1, -0.05) is 6.92 Å². The van der Waals surface area contributed by atoms with Crippen LogP contribution in [0, 0.1) is 11.8 Å². The molecule has 8 N–H and O–H groups in total. The molecule has 8 aliphatic heterocycles. The van der Waals surface area contributed by atoms with Crippen LogP contribution in [-0.4, -0.2) is 209 Å². The Kier molecular flexibility index (Phi) is 18.6. The summed E-state index contributed by atoms with van der Waals surface area (Å²) in [5, 5.41) is 0. The van der Waals surface area contributed by atoms with Crippen LogP contribution in [0.5, 0.6) is 5.75 Å². The quantitative estimate of drug-likeness (QED) is 0.0826. The van der Waals surface area contributed by atoms with E-state index >= 15 is 0 Å². The summed E-state index contributed by atoms with van der Waals surface area (Å²) in [4.78, 5) is 92.2. The number of ether oxygens (including phenoxy) is 6. The average Bonchev–Trinajstić information content (AvgIpc) is 1.59. The summed E-state index contributed by atoms with van der Waals surface area (Å²) in [5.41, 5.74) is 28.1. The van der Waals surface area contributed by atoms with E-state index in [0.717, 1.165) is 141 Å². The van der Waals surface area contributed by atoms with Gasteiger partial charge in [0, 0.05) is 119 Å². The van der Waals surface area contributed by atoms with Crippen LogP contribution in [0.25, 0.3) is 90.2 Å². The number of hydrogen-bond acceptors (Lipinski definition) is 32. The van der Waals surface area contributed by atoms with Gasteiger partial charge in [-0.05, 0) is 118 Å². The number of hydrogen-bond donors (Lipinski definition) is 4. The molecule has 4 saturated carbocycles. The first-order valence-corrected chi connectivity index (χ1v) is 41.1. The largest absolute Gasteiger partial charge is 0.487 e. The van der Waals surface area contributed by atoms with Crippen molar-refractivity contribution in [3.8, 4) is 51.3 Å². The highest BCUT2D eigenvalue weighted by Crippen LogP contribution is 2.52. The van der Waals surface area contributed by atoms with Gasteiger partial charge in [0.15, 0.2) is 97.3 Å². The smallest absolute Gasteiger partial charge is 0.424 e. The van der Waals surface area contributed by atoms with Gasteiger partial charge in [-0.2, -0.15) is 13.2 Å². The zero-order valence-corrected chi connectivity index (χ0v) is 68.0. The molecule has 4 aliphatic carbocycles. The van der Waals surface area contributed by atoms with Gasteiger partial charge in [0.25, 0.3) is 5.92 Å². The monoisotopic (exact) mass is 1660 g/mol. The molecule has 0 aromatic carbocycles. The van der Waals surface area contributed by atoms with E-state index < -0.39 is 42.0 Å². The van der Waals surface area contributed by atoms with Gasteiger partial charge in [-0.3, -0.25) is 0 Å². The number of imidazole rings is 4. The van der Waals surface area contributed by atoms with Gasteiger partial charge in [-0.25, -0.2) is 103 Å². The van der Waals surface area contributed by atoms with E-state index in [-0.39, 0.29) is 54.3 Å². The fourth-order valence-corrected chi connectivity index (χ4v) is 18.3. The molecule has 24 rings (SSSR count). The average molecular weight is 1660 g/mol. The van der Waals surface area contributed by atoms with Crippen LogP contribution in [-0.2, 0) is 72.3 Å². The first kappa shape index (κ1) is 78.0. The minimum Gasteiger partial charge on any atom is -0.487 e. The molecule has 5 unspecified atom stereocenters. The van der Waals surface area contributed by atoms with Crippen molar-refractivity contribution < 1.29 is 50.4 Å². The molecule has 0 amide bonds. The summed E-state index contributed by atoms with van der Waals surface area (Å²) in [6.45, 7) is 17.8. The lowest BCUT2D eigenvalue weighted by Gasteiger charge is -2.43. The standard InChI is InChI=1S/C22H27F2N7O2.C21H26N8O2.C19H19F3N8O.C18H19N7O/c1-5-12(2)33-14-8-13(9-26-16(14)25)17-28-18(30-10-22(23,24)11-30)15-19(29-17)31-6-7-32-21(3,4)20(31)27-15;1-21(2)19-25-15-17(28(19)4-5-31-21)26-16(12-8-23-20(22)24-9-12)27-18(15)29-10-11-6-13(29)7-14(11)30-3;1-18(19(20,21)22)16-26-12-14(29(16)2-3-31-18)27-13(10-6-24-17(23)25-7-10)28-15(12)30-8-9-4-11(30)5-9;19-17-20-8-11(9-21-17)14-22-12(10-2-3-10)13-15(24-14)25-6-7-26-18(4-1-5-18)16(25)23-13/h8-9,12H,5-7,10-11H2,1-4H3,(H2,25,26);8-9,11,13-14H,4-7,10H2,1-3H3,(H2,22,23,24);6-7,9,11H,2-5,8H2,1H3,(H2,23,24,25);8-10H,1-7H2,(H2,19,20,21). The summed E-state index contributed by atoms with van der Waals surface area (Å²) in [7, 11) is 1.81. The zero-order chi connectivity index (χ0) is 83.7. The highest BCUT2D eigenvalue weighted by molar-refractivity contribution is 5.90. The van der Waals surface area contributed by atoms with Gasteiger partial charge >= 0.3 is 6.18 Å². The number of methoxy groups -OCH3 is 1. The summed E-state index contributed by atoms with van der Waals surface area (Å²) in [5.74, 6) is 6.24. The van der Waals surface area contributed by atoms with Crippen molar-refractivity contribution in [2.24, 2.45) is 11.8 Å². The Morgan fingerprint density at radius 3 is 1.43 bits per heavy atom. The van der Waals surface area contributed by atoms with Crippen LogP contribution in [0.4, 0.5) is 63.1 Å². The minimum atomic E-state index is -4.62. The number of aromatic nitrogens is 23. The molecule has 632 valence electrons. The summed E-state index contributed by atoms with van der Waals surface area (Å²) < 4.78 is 112. The number of nitrogens with zero attached hydrogens (tertiary/aromatic N) is 26. The maximum absolute atomic E-state index is 13.9. The third kappa shape index (κ3) is 13.5. The maximum atomic E-state index is 13.9. The van der Waals surface area contributed by atoms with Gasteiger partial charge in [0.2, 0.25) is 23.4 Å². The van der Waals surface area contributed by atoms with E-state index in [0.29, 0.717) is 149 Å². The third-order valence-electron chi connectivity index (χ3n) is 25.3. The molecule has 20 heterocycles. The van der Waals surface area contributed by atoms with Crippen molar-refractivity contribution in [2.75, 3.05) is 97.4 Å². The number of anilines is 7. The van der Waals surface area contributed by atoms with Crippen molar-refractivity contribution in [3.05, 3.63) is 78.4 Å². The second-order valence-electron chi connectivity index (χ2n) is 34.3. The van der Waals surface area contributed by atoms with E-state index in [1.54, 1.807) is 37.1 Å². The Balaban J connectivity index is 0.000000103. The van der Waals surface area contributed by atoms with Gasteiger partial charge in [0.1, 0.15) is 39.8 Å². The predicted molar refractivity (Wildman–Crippen MR) is 432 cm³/mol. The van der Waals surface area contributed by atoms with E-state index in [1.807, 2.05) is 53.2 Å². The highest BCUT2D eigenvalue weighted by atomic mass is 19.4. The van der Waals surface area contributed by atoms with E-state index in [4.69, 9.17) is 96.2 Å². The molecule has 5 atom stereocenters. The van der Waals surface area contributed by atoms with Gasteiger partial charge in [-0.15, -0.1) is 0 Å². The fourth-order valence-electron chi connectivity index (χ4n) is 18.3. The molecule has 4 saturated heterocycles. The Morgan fingerprint density at radius 1 is 0.512 bits per heavy atom. The van der Waals surface area contributed by atoms with Crippen molar-refractivity contribution in [3.63, 3.8) is 0 Å². The van der Waals surface area contributed by atoms with E-state index in [2.05, 4.69) is 68.8 Å². The maximum Gasteiger partial charge on any atom is 0.424 e. The predicted octanol–water partition coefficient (Wildman–Crippen LogP) is 9.54. The summed E-state index contributed by atoms with van der Waals surface area (Å²) in [6.07, 6.45) is 17.6. The number of rotatable bonds is 12. The minimum absolute atomic E-state index is 0.0456. The fraction of sp³-hybridized carbons (Fsp3) is 0.537. The van der Waals surface area contributed by atoms with Crippen molar-refractivity contribution in [1.29, 1.82) is 0 Å². The molecule has 8 fully saturated rings. The first-order chi connectivity index (χ1) is 58.0. The molecule has 12 aliphatic rings. The first-order valence-electron chi connectivity index (χ1n) is 41.1. The number of alkyl halides is 5. The van der Waals surface area contributed by atoms with Gasteiger partial charge < -0.3 is 84.3 Å². The molecule has 0 radical (unpaired) electrons. The number of halogens is 5. The number of fused-ring (bicyclic) bond motifs is 16. The molecule has 1 spiro atoms. The lowest BCUT2D eigenvalue weighted by Crippen LogP contribution is -2.56. The summed E-state index contributed by atoms with van der Waals surface area (Å²) in [6, 6.07) is 2.46. The molecule has 4 bridgehead atoms. The van der Waals surface area contributed by atoms with Crippen molar-refractivity contribution in [1.82, 2.24) is 113 Å². The van der Waals surface area contributed by atoms with Gasteiger partial charge in [0.05, 0.1) is 74.1 Å². The van der Waals surface area contributed by atoms with Crippen LogP contribution in [0.3, 0.4) is 0 Å². The Morgan fingerprint density at radius 2 is 0.959 bits per heavy atom. The van der Waals surface area contributed by atoms with Crippen molar-refractivity contribution in [2.45, 2.75) is 204 Å². The van der Waals surface area contributed by atoms with Crippen LogP contribution >= 0.6 is 0 Å². The van der Waals surface area contributed by atoms with Crippen molar-refractivity contribution >= 4 is 85.8 Å². The Hall–Kier alpha value is -11.6. The van der Waals surface area contributed by atoms with Crippen LogP contribution in [0.1, 0.15) is 148 Å². The van der Waals surface area contributed by atoms with Crippen LogP contribution in [0.2, 0.25) is 0 Å². The molecular weight excluding hydrogens is 1570 g/mol. The third-order valence-corrected chi connectivity index (χ3v) is 25.3. The number of nitrogen functional groups attached to an aromatic ring is 4. The Bertz CT molecular complexity index is 6040. The molecule has 41 heteroatoms. The molecule has 12 aromatic rings. The second-order valence-corrected chi connectivity index (χ2v) is 34.3. The molecule has 12 aromatic heterocycles. The Labute approximate surface area is 688 Å². The van der Waals surface area contributed by atoms with E-state index in [9.17, 15) is 22.0 Å². The lowest BCUT2D eigenvalue weighted by molar-refractivity contribution is -0.288. The molecular formula is C80H91F5N30O6. The molecule has 121 heavy (non-hydrogen) atoms. The molecule has 36 nitrogen and oxygen atoms in total. The number of pyridine rings is 1. The highest BCUT2D eigenvalue weighted by Gasteiger charge is 2.59. The topological polar surface area (TPSA) is 434 Å². The second kappa shape index (κ2) is 28.8. The number of nitrogens with two attached hydrogens (primary N) is 4. The lowest BCUT2D eigenvalue weighted by atomic mass is 9.78. The number of piperidine rings is 1. The SMILES string of the molecule is CC1(C(F)(F)F)OCCn2c1nc1c(N3CC4CC3C4)nc(-c3cnc(N)nc3)nc12.CCC(C)Oc1cc(-c2nc(N3CC(F)(F)C3)c3nc4n(c3n2)CCOC4(C)C)cnc1N.COC1CC2CC1CN2c1nc(-c2cnc(N)nc2)nc2c1nc1n2CCOC1(C)C.Nc1ncc(-c2nc(C3CC3)c3nc4n(c3n2)CCOC42CCC2)cn1. The van der Waals surface area contributed by atoms with E-state index in [1.165, 1.54) is 28.3 Å². The van der Waals surface area contributed by atoms with Crippen LogP contribution in [0.15, 0.2) is 49.4 Å². The zero-order valence-electron chi connectivity index (χ0n) is 68.0. The van der Waals surface area contributed by atoms with Crippen LogP contribution < -0.4 is 42.4 Å². The summed E-state index contributed by atoms with van der Waals surface area (Å²) >= 11 is 0.